The lowest BCUT2D eigenvalue weighted by molar-refractivity contribution is 0.257. The number of thiophene rings is 2. The average molecular weight is 316 g/mol. The van der Waals surface area contributed by atoms with Crippen LogP contribution in [0.3, 0.4) is 0 Å². The topological polar surface area (TPSA) is 29.3 Å². The Morgan fingerprint density at radius 3 is 2.71 bits per heavy atom. The summed E-state index contributed by atoms with van der Waals surface area (Å²) in [6, 6.07) is 13.4. The molecular weight excluding hydrogens is 296 g/mol. The summed E-state index contributed by atoms with van der Waals surface area (Å²) in [6.45, 7) is 3.83. The van der Waals surface area contributed by atoms with Crippen LogP contribution in [0.4, 0.5) is 0 Å². The second kappa shape index (κ2) is 6.28. The first-order valence-electron chi connectivity index (χ1n) is 7.13. The van der Waals surface area contributed by atoms with Crippen LogP contribution in [0.1, 0.15) is 28.3 Å². The molecule has 1 atom stereocenters. The molecule has 0 bridgehead atoms. The van der Waals surface area contributed by atoms with Crippen LogP contribution in [-0.4, -0.2) is 11.9 Å². The lowest BCUT2D eigenvalue weighted by atomic mass is 10.1. The smallest absolute Gasteiger partial charge is 0.0413 e. The van der Waals surface area contributed by atoms with Crippen molar-refractivity contribution in [2.24, 2.45) is 5.73 Å². The summed E-state index contributed by atoms with van der Waals surface area (Å²) < 4.78 is 1.34. The van der Waals surface area contributed by atoms with E-state index in [2.05, 4.69) is 60.6 Å². The molecule has 2 nitrogen and oxygen atoms in total. The van der Waals surface area contributed by atoms with Gasteiger partial charge in [0.25, 0.3) is 0 Å². The van der Waals surface area contributed by atoms with E-state index >= 15 is 0 Å². The average Bonchev–Trinajstić information content (AvgIpc) is 3.14. The second-order valence-electron chi connectivity index (χ2n) is 5.31. The standard InChI is InChI=1S/C17H20N2S2/c1-12(15-8-5-9-20-15)19(2)11-14-13-6-3-4-7-16(13)21-17(14)10-18/h3-9,12H,10-11,18H2,1-2H3. The largest absolute Gasteiger partial charge is 0.326 e. The van der Waals surface area contributed by atoms with E-state index in [9.17, 15) is 0 Å². The van der Waals surface area contributed by atoms with E-state index in [0.29, 0.717) is 12.6 Å². The van der Waals surface area contributed by atoms with E-state index in [0.717, 1.165) is 6.54 Å². The summed E-state index contributed by atoms with van der Waals surface area (Å²) >= 11 is 3.65. The van der Waals surface area contributed by atoms with Crippen LogP contribution in [0.15, 0.2) is 41.8 Å². The van der Waals surface area contributed by atoms with E-state index in [1.807, 2.05) is 22.7 Å². The second-order valence-corrected chi connectivity index (χ2v) is 7.43. The molecule has 1 unspecified atom stereocenters. The van der Waals surface area contributed by atoms with Crippen molar-refractivity contribution in [3.8, 4) is 0 Å². The van der Waals surface area contributed by atoms with Crippen LogP contribution >= 0.6 is 22.7 Å². The van der Waals surface area contributed by atoms with Crippen LogP contribution in [0.5, 0.6) is 0 Å². The maximum absolute atomic E-state index is 5.95. The molecule has 110 valence electrons. The van der Waals surface area contributed by atoms with Crippen molar-refractivity contribution in [1.29, 1.82) is 0 Å². The Balaban J connectivity index is 1.90. The fourth-order valence-corrected chi connectivity index (χ4v) is 4.56. The van der Waals surface area contributed by atoms with E-state index in [1.165, 1.54) is 25.4 Å². The lowest BCUT2D eigenvalue weighted by Crippen LogP contribution is -2.21. The Morgan fingerprint density at radius 2 is 2.00 bits per heavy atom. The van der Waals surface area contributed by atoms with Crippen molar-refractivity contribution in [3.05, 3.63) is 57.1 Å². The predicted molar refractivity (Wildman–Crippen MR) is 93.9 cm³/mol. The number of benzene rings is 1. The number of rotatable bonds is 5. The van der Waals surface area contributed by atoms with Crippen LogP contribution in [0, 0.1) is 0 Å². The maximum Gasteiger partial charge on any atom is 0.0413 e. The third-order valence-corrected chi connectivity index (χ3v) is 6.27. The van der Waals surface area contributed by atoms with Gasteiger partial charge in [-0.25, -0.2) is 0 Å². The monoisotopic (exact) mass is 316 g/mol. The molecule has 2 heterocycles. The van der Waals surface area contributed by atoms with E-state index < -0.39 is 0 Å². The molecule has 1 aromatic carbocycles. The van der Waals surface area contributed by atoms with Crippen molar-refractivity contribution in [2.75, 3.05) is 7.05 Å². The molecule has 0 fully saturated rings. The molecule has 0 aliphatic carbocycles. The Kier molecular flexibility index (Phi) is 4.40. The SMILES string of the molecule is CC(c1cccs1)N(C)Cc1c(CN)sc2ccccc12. The lowest BCUT2D eigenvalue weighted by Gasteiger charge is -2.24. The van der Waals surface area contributed by atoms with Gasteiger partial charge in [0.2, 0.25) is 0 Å². The van der Waals surface area contributed by atoms with Gasteiger partial charge in [-0.3, -0.25) is 4.90 Å². The third kappa shape index (κ3) is 2.90. The predicted octanol–water partition coefficient (Wildman–Crippen LogP) is 4.61. The van der Waals surface area contributed by atoms with Gasteiger partial charge in [0.1, 0.15) is 0 Å². The zero-order chi connectivity index (χ0) is 14.8. The molecule has 4 heteroatoms. The highest BCUT2D eigenvalue weighted by Gasteiger charge is 2.17. The van der Waals surface area contributed by atoms with Gasteiger partial charge in [-0.2, -0.15) is 0 Å². The Hall–Kier alpha value is -1.20. The van der Waals surface area contributed by atoms with E-state index in [4.69, 9.17) is 5.73 Å². The highest BCUT2D eigenvalue weighted by Crippen LogP contribution is 2.33. The molecule has 2 aromatic heterocycles. The maximum atomic E-state index is 5.95. The summed E-state index contributed by atoms with van der Waals surface area (Å²) in [7, 11) is 2.19. The van der Waals surface area contributed by atoms with Gasteiger partial charge < -0.3 is 5.73 Å². The van der Waals surface area contributed by atoms with Crippen molar-refractivity contribution in [2.45, 2.75) is 26.1 Å². The molecule has 0 aliphatic heterocycles. The van der Waals surface area contributed by atoms with Crippen LogP contribution in [-0.2, 0) is 13.1 Å². The first kappa shape index (κ1) is 14.7. The molecule has 0 saturated heterocycles. The van der Waals surface area contributed by atoms with Crippen molar-refractivity contribution < 1.29 is 0 Å². The van der Waals surface area contributed by atoms with E-state index in [-0.39, 0.29) is 0 Å². The molecule has 0 radical (unpaired) electrons. The zero-order valence-electron chi connectivity index (χ0n) is 12.4. The van der Waals surface area contributed by atoms with Gasteiger partial charge in [-0.05, 0) is 42.4 Å². The Morgan fingerprint density at radius 1 is 1.19 bits per heavy atom. The summed E-state index contributed by atoms with van der Waals surface area (Å²) in [5, 5.41) is 3.50. The Labute approximate surface area is 133 Å². The van der Waals surface area contributed by atoms with Crippen LogP contribution in [0.2, 0.25) is 0 Å². The molecule has 0 saturated carbocycles. The molecule has 0 aliphatic rings. The van der Waals surface area contributed by atoms with Gasteiger partial charge in [0.15, 0.2) is 0 Å². The van der Waals surface area contributed by atoms with Gasteiger partial charge in [-0.1, -0.05) is 24.3 Å². The first-order valence-corrected chi connectivity index (χ1v) is 8.83. The number of hydrogen-bond acceptors (Lipinski definition) is 4. The van der Waals surface area contributed by atoms with Gasteiger partial charge in [0.05, 0.1) is 0 Å². The molecule has 2 N–H and O–H groups in total. The first-order chi connectivity index (χ1) is 10.2. The highest BCUT2D eigenvalue weighted by atomic mass is 32.1. The van der Waals surface area contributed by atoms with Crippen molar-refractivity contribution >= 4 is 32.8 Å². The number of nitrogens with zero attached hydrogens (tertiary/aromatic N) is 1. The highest BCUT2D eigenvalue weighted by molar-refractivity contribution is 7.19. The van der Waals surface area contributed by atoms with Gasteiger partial charge in [0, 0.05) is 33.6 Å². The minimum Gasteiger partial charge on any atom is -0.326 e. The number of hydrogen-bond donors (Lipinski definition) is 1. The molecule has 21 heavy (non-hydrogen) atoms. The third-order valence-electron chi connectivity index (χ3n) is 3.99. The minimum atomic E-state index is 0.425. The number of fused-ring (bicyclic) bond motifs is 1. The summed E-state index contributed by atoms with van der Waals surface area (Å²) in [5.74, 6) is 0. The van der Waals surface area contributed by atoms with Crippen LogP contribution < -0.4 is 5.73 Å². The zero-order valence-corrected chi connectivity index (χ0v) is 14.0. The summed E-state index contributed by atoms with van der Waals surface area (Å²) in [6.07, 6.45) is 0. The van der Waals surface area contributed by atoms with Crippen molar-refractivity contribution in [1.82, 2.24) is 4.90 Å². The Bertz CT molecular complexity index is 716. The fraction of sp³-hybridized carbons (Fsp3) is 0.294. The quantitative estimate of drug-likeness (QED) is 0.744. The summed E-state index contributed by atoms with van der Waals surface area (Å²) in [4.78, 5) is 5.12. The summed E-state index contributed by atoms with van der Waals surface area (Å²) in [5.41, 5.74) is 7.35. The van der Waals surface area contributed by atoms with Crippen molar-refractivity contribution in [3.63, 3.8) is 0 Å². The van der Waals surface area contributed by atoms with Gasteiger partial charge >= 0.3 is 0 Å². The molecule has 0 spiro atoms. The number of nitrogens with two attached hydrogens (primary N) is 1. The molecule has 3 aromatic rings. The van der Waals surface area contributed by atoms with E-state index in [1.54, 1.807) is 0 Å². The fourth-order valence-electron chi connectivity index (χ4n) is 2.62. The molecule has 0 amide bonds. The van der Waals surface area contributed by atoms with Gasteiger partial charge in [-0.15, -0.1) is 22.7 Å². The minimum absolute atomic E-state index is 0.425. The normalized spacial score (nSPS) is 13.1. The molecular formula is C17H20N2S2. The molecule has 3 rings (SSSR count). The van der Waals surface area contributed by atoms with Crippen LogP contribution in [0.25, 0.3) is 10.1 Å².